The molecule has 31 heavy (non-hydrogen) atoms. The first-order valence-corrected chi connectivity index (χ1v) is 11.4. The number of hydrogen-bond donors (Lipinski definition) is 2. The van der Waals surface area contributed by atoms with E-state index in [-0.39, 0.29) is 49.0 Å². The minimum atomic E-state index is -3.60. The van der Waals surface area contributed by atoms with Crippen LogP contribution in [0.4, 0.5) is 4.79 Å². The van der Waals surface area contributed by atoms with Crippen molar-refractivity contribution < 1.29 is 32.3 Å². The number of rotatable bonds is 7. The lowest BCUT2D eigenvalue weighted by Crippen LogP contribution is -2.45. The molecule has 2 aliphatic heterocycles. The Morgan fingerprint density at radius 1 is 1.13 bits per heavy atom. The summed E-state index contributed by atoms with van der Waals surface area (Å²) in [7, 11) is -3.60. The lowest BCUT2D eigenvalue weighted by atomic mass is 9.98. The molecule has 2 N–H and O–H groups in total. The minimum Gasteiger partial charge on any atom is -0.463 e. The Balaban J connectivity index is 1.57. The van der Waals surface area contributed by atoms with E-state index in [0.717, 1.165) is 0 Å². The maximum Gasteiger partial charge on any atom is 0.337 e. The standard InChI is InChI=1S/C20H25N3O7S/c1-2-29-19(25)16-12-21-20(26)22-17(16)13-30-18(24)14-8-10-23(11-9-14)31(27,28)15-6-4-3-5-7-15/h3-7,14H,2,8-13H2,1H3,(H2,21,22,26). The minimum absolute atomic E-state index is 0.0206. The van der Waals surface area contributed by atoms with Crippen LogP contribution in [0.15, 0.2) is 46.5 Å². The van der Waals surface area contributed by atoms with Crippen molar-refractivity contribution in [2.75, 3.05) is 32.8 Å². The summed E-state index contributed by atoms with van der Waals surface area (Å²) in [6.45, 7) is 1.95. The summed E-state index contributed by atoms with van der Waals surface area (Å²) in [5.74, 6) is -1.56. The second kappa shape index (κ2) is 9.92. The summed E-state index contributed by atoms with van der Waals surface area (Å²) in [6, 6.07) is 7.65. The van der Waals surface area contributed by atoms with Gasteiger partial charge in [0.05, 0.1) is 35.2 Å². The third-order valence-corrected chi connectivity index (χ3v) is 7.02. The van der Waals surface area contributed by atoms with E-state index in [9.17, 15) is 22.8 Å². The van der Waals surface area contributed by atoms with Crippen molar-refractivity contribution in [2.24, 2.45) is 5.92 Å². The fourth-order valence-electron chi connectivity index (χ4n) is 3.40. The van der Waals surface area contributed by atoms with Gasteiger partial charge in [-0.05, 0) is 31.9 Å². The van der Waals surface area contributed by atoms with Gasteiger partial charge in [0.2, 0.25) is 10.0 Å². The number of amides is 2. The number of hydrogen-bond acceptors (Lipinski definition) is 7. The number of piperidine rings is 1. The summed E-state index contributed by atoms with van der Waals surface area (Å²) in [5.41, 5.74) is 0.373. The van der Waals surface area contributed by atoms with Gasteiger partial charge in [0.25, 0.3) is 0 Å². The molecular weight excluding hydrogens is 426 g/mol. The van der Waals surface area contributed by atoms with Crippen LogP contribution < -0.4 is 10.6 Å². The Morgan fingerprint density at radius 2 is 1.81 bits per heavy atom. The van der Waals surface area contributed by atoms with E-state index < -0.39 is 33.9 Å². The van der Waals surface area contributed by atoms with E-state index in [1.807, 2.05) is 0 Å². The highest BCUT2D eigenvalue weighted by atomic mass is 32.2. The van der Waals surface area contributed by atoms with Gasteiger partial charge in [-0.25, -0.2) is 18.0 Å². The van der Waals surface area contributed by atoms with Gasteiger partial charge in [0.15, 0.2) is 0 Å². The van der Waals surface area contributed by atoms with Gasteiger partial charge in [0.1, 0.15) is 6.61 Å². The maximum absolute atomic E-state index is 12.7. The summed E-state index contributed by atoms with van der Waals surface area (Å²) < 4.78 is 37.0. The average molecular weight is 452 g/mol. The molecule has 0 bridgehead atoms. The van der Waals surface area contributed by atoms with Crippen molar-refractivity contribution in [1.82, 2.24) is 14.9 Å². The molecule has 0 aliphatic carbocycles. The van der Waals surface area contributed by atoms with E-state index in [0.29, 0.717) is 12.8 Å². The molecule has 1 aromatic rings. The van der Waals surface area contributed by atoms with Crippen LogP contribution in [0.3, 0.4) is 0 Å². The van der Waals surface area contributed by atoms with Crippen molar-refractivity contribution in [2.45, 2.75) is 24.7 Å². The molecule has 0 spiro atoms. The highest BCUT2D eigenvalue weighted by molar-refractivity contribution is 7.89. The highest BCUT2D eigenvalue weighted by Gasteiger charge is 2.33. The van der Waals surface area contributed by atoms with E-state index >= 15 is 0 Å². The van der Waals surface area contributed by atoms with Crippen LogP contribution >= 0.6 is 0 Å². The van der Waals surface area contributed by atoms with Crippen LogP contribution in [0, 0.1) is 5.92 Å². The molecule has 1 fully saturated rings. The Bertz CT molecular complexity index is 968. The van der Waals surface area contributed by atoms with Gasteiger partial charge in [-0.1, -0.05) is 18.2 Å². The summed E-state index contributed by atoms with van der Waals surface area (Å²) in [4.78, 5) is 36.3. The molecule has 10 nitrogen and oxygen atoms in total. The lowest BCUT2D eigenvalue weighted by Gasteiger charge is -2.30. The van der Waals surface area contributed by atoms with Gasteiger partial charge < -0.3 is 20.1 Å². The quantitative estimate of drug-likeness (QED) is 0.585. The number of esters is 2. The van der Waals surface area contributed by atoms with E-state index in [1.54, 1.807) is 25.1 Å². The smallest absolute Gasteiger partial charge is 0.337 e. The number of urea groups is 1. The highest BCUT2D eigenvalue weighted by Crippen LogP contribution is 2.24. The third kappa shape index (κ3) is 5.42. The Kier molecular flexibility index (Phi) is 7.29. The number of ether oxygens (including phenoxy) is 2. The van der Waals surface area contributed by atoms with E-state index in [2.05, 4.69) is 10.6 Å². The van der Waals surface area contributed by atoms with Gasteiger partial charge in [-0.2, -0.15) is 4.31 Å². The molecule has 168 valence electrons. The fraction of sp³-hybridized carbons (Fsp3) is 0.450. The zero-order valence-electron chi connectivity index (χ0n) is 17.1. The molecule has 11 heteroatoms. The number of sulfonamides is 1. The van der Waals surface area contributed by atoms with E-state index in [4.69, 9.17) is 9.47 Å². The Labute approximate surface area is 180 Å². The summed E-state index contributed by atoms with van der Waals surface area (Å²) in [5, 5.41) is 4.95. The molecule has 0 radical (unpaired) electrons. The van der Waals surface area contributed by atoms with Gasteiger partial charge in [-0.3, -0.25) is 4.79 Å². The van der Waals surface area contributed by atoms with Crippen LogP contribution in [0.25, 0.3) is 0 Å². The van der Waals surface area contributed by atoms with Crippen LogP contribution in [-0.4, -0.2) is 63.5 Å². The molecule has 2 aliphatic rings. The Morgan fingerprint density at radius 3 is 2.45 bits per heavy atom. The van der Waals surface area contributed by atoms with Gasteiger partial charge >= 0.3 is 18.0 Å². The largest absolute Gasteiger partial charge is 0.463 e. The predicted molar refractivity (Wildman–Crippen MR) is 109 cm³/mol. The summed E-state index contributed by atoms with van der Waals surface area (Å²) >= 11 is 0. The van der Waals surface area contributed by atoms with Crippen molar-refractivity contribution in [1.29, 1.82) is 0 Å². The number of carbonyl (C=O) groups is 3. The third-order valence-electron chi connectivity index (χ3n) is 5.10. The first kappa shape index (κ1) is 22.8. The second-order valence-electron chi connectivity index (χ2n) is 7.08. The van der Waals surface area contributed by atoms with Crippen LogP contribution in [0.1, 0.15) is 19.8 Å². The van der Waals surface area contributed by atoms with Gasteiger partial charge in [0, 0.05) is 13.1 Å². The molecule has 0 atom stereocenters. The first-order chi connectivity index (χ1) is 14.8. The maximum atomic E-state index is 12.7. The lowest BCUT2D eigenvalue weighted by molar-refractivity contribution is -0.149. The number of carbonyl (C=O) groups excluding carboxylic acids is 3. The fourth-order valence-corrected chi connectivity index (χ4v) is 4.89. The Hall–Kier alpha value is -2.92. The molecule has 1 saturated heterocycles. The topological polar surface area (TPSA) is 131 Å². The molecule has 0 saturated carbocycles. The van der Waals surface area contributed by atoms with Crippen molar-refractivity contribution >= 4 is 28.0 Å². The van der Waals surface area contributed by atoms with E-state index in [1.165, 1.54) is 16.4 Å². The number of nitrogens with zero attached hydrogens (tertiary/aromatic N) is 1. The second-order valence-corrected chi connectivity index (χ2v) is 9.02. The van der Waals surface area contributed by atoms with Gasteiger partial charge in [-0.15, -0.1) is 0 Å². The molecular formula is C20H25N3O7S. The summed E-state index contributed by atoms with van der Waals surface area (Å²) in [6.07, 6.45) is 0.644. The molecule has 2 heterocycles. The normalized spacial score (nSPS) is 18.2. The zero-order chi connectivity index (χ0) is 22.4. The number of benzene rings is 1. The predicted octanol–water partition coefficient (Wildman–Crippen LogP) is 0.761. The monoisotopic (exact) mass is 451 g/mol. The SMILES string of the molecule is CCOC(=O)C1=C(COC(=O)C2CCN(S(=O)(=O)c3ccccc3)CC2)NC(=O)NC1. The molecule has 1 aromatic carbocycles. The van der Waals surface area contributed by atoms with Crippen molar-refractivity contribution in [3.8, 4) is 0 Å². The van der Waals surface area contributed by atoms with Crippen LogP contribution in [0.2, 0.25) is 0 Å². The number of nitrogens with one attached hydrogen (secondary N) is 2. The molecule has 0 aromatic heterocycles. The van der Waals surface area contributed by atoms with Crippen LogP contribution in [-0.2, 0) is 29.1 Å². The zero-order valence-corrected chi connectivity index (χ0v) is 17.9. The average Bonchev–Trinajstić information content (AvgIpc) is 2.78. The van der Waals surface area contributed by atoms with Crippen molar-refractivity contribution in [3.63, 3.8) is 0 Å². The van der Waals surface area contributed by atoms with Crippen molar-refractivity contribution in [3.05, 3.63) is 41.6 Å². The van der Waals surface area contributed by atoms with Crippen LogP contribution in [0.5, 0.6) is 0 Å². The molecule has 0 unspecified atom stereocenters. The first-order valence-electron chi connectivity index (χ1n) is 9.98. The molecule has 2 amide bonds. The molecule has 3 rings (SSSR count).